The molecule has 13 heteroatoms. The molecule has 0 radical (unpaired) electrons. The number of rotatable bonds is 8. The van der Waals surface area contributed by atoms with Gasteiger partial charge in [0.25, 0.3) is 0 Å². The Kier molecular flexibility index (Phi) is 7.27. The Hall–Kier alpha value is -3.11. The quantitative estimate of drug-likeness (QED) is 0.292. The van der Waals surface area contributed by atoms with Gasteiger partial charge >= 0.3 is 12.4 Å². The van der Waals surface area contributed by atoms with Crippen molar-refractivity contribution in [2.45, 2.75) is 63.3 Å². The first kappa shape index (κ1) is 28.9. The van der Waals surface area contributed by atoms with E-state index in [-0.39, 0.29) is 36.7 Å². The van der Waals surface area contributed by atoms with Crippen molar-refractivity contribution in [3.8, 4) is 17.2 Å². The fourth-order valence-electron chi connectivity index (χ4n) is 4.55. The fraction of sp³-hybridized carbons (Fsp3) is 0.423. The van der Waals surface area contributed by atoms with Gasteiger partial charge in [-0.2, -0.15) is 36.3 Å². The first-order chi connectivity index (χ1) is 17.9. The number of nitriles is 1. The minimum Gasteiger partial charge on any atom is -0.347 e. The van der Waals surface area contributed by atoms with Gasteiger partial charge in [-0.3, -0.25) is 0 Å². The van der Waals surface area contributed by atoms with Gasteiger partial charge in [-0.1, -0.05) is 32.0 Å². The third-order valence-corrected chi connectivity index (χ3v) is 8.48. The van der Waals surface area contributed by atoms with E-state index in [1.165, 1.54) is 10.6 Å². The molecule has 0 saturated heterocycles. The maximum atomic E-state index is 15.4. The monoisotopic (exact) mass is 575 g/mol. The first-order valence-electron chi connectivity index (χ1n) is 11.9. The second-order valence-electron chi connectivity index (χ2n) is 10.4. The van der Waals surface area contributed by atoms with E-state index in [1.807, 2.05) is 6.07 Å². The molecule has 1 fully saturated rings. The van der Waals surface area contributed by atoms with E-state index in [2.05, 4.69) is 0 Å². The molecule has 1 saturated carbocycles. The zero-order chi connectivity index (χ0) is 29.0. The van der Waals surface area contributed by atoms with Gasteiger partial charge in [0, 0.05) is 41.2 Å². The Balaban J connectivity index is 1.98. The van der Waals surface area contributed by atoms with Gasteiger partial charge in [0.2, 0.25) is 10.0 Å². The number of benzene rings is 2. The van der Waals surface area contributed by atoms with E-state index < -0.39 is 67.2 Å². The van der Waals surface area contributed by atoms with Crippen molar-refractivity contribution in [3.63, 3.8) is 0 Å². The van der Waals surface area contributed by atoms with Gasteiger partial charge in [0.15, 0.2) is 0 Å². The summed E-state index contributed by atoms with van der Waals surface area (Å²) >= 11 is 0. The number of halogens is 7. The van der Waals surface area contributed by atoms with Crippen LogP contribution in [0, 0.1) is 22.6 Å². The SMILES string of the molecule is CC(C)(CC#N)Cn1cc([C@H](NS(=O)(=O)C2CC2)C(F)(F)F)c2cc(F)c(-c3ccccc3C(F)(F)F)cc21. The number of alkyl halides is 6. The van der Waals surface area contributed by atoms with E-state index in [1.54, 1.807) is 18.6 Å². The summed E-state index contributed by atoms with van der Waals surface area (Å²) in [5, 5.41) is 7.90. The fourth-order valence-corrected chi connectivity index (χ4v) is 6.08. The molecule has 39 heavy (non-hydrogen) atoms. The average molecular weight is 576 g/mol. The number of hydrogen-bond donors (Lipinski definition) is 1. The average Bonchev–Trinajstić information content (AvgIpc) is 3.61. The Morgan fingerprint density at radius 3 is 2.28 bits per heavy atom. The Morgan fingerprint density at radius 1 is 1.08 bits per heavy atom. The lowest BCUT2D eigenvalue weighted by atomic mass is 9.90. The van der Waals surface area contributed by atoms with E-state index >= 15 is 4.39 Å². The molecule has 0 aliphatic heterocycles. The van der Waals surface area contributed by atoms with Crippen LogP contribution in [-0.2, 0) is 22.7 Å². The van der Waals surface area contributed by atoms with Crippen molar-refractivity contribution in [2.24, 2.45) is 5.41 Å². The summed E-state index contributed by atoms with van der Waals surface area (Å²) in [6.07, 6.45) is -8.51. The molecular formula is C26H24F7N3O2S. The molecule has 1 heterocycles. The zero-order valence-electron chi connectivity index (χ0n) is 20.8. The van der Waals surface area contributed by atoms with Crippen molar-refractivity contribution in [1.29, 1.82) is 5.26 Å². The molecule has 1 aliphatic rings. The molecular weight excluding hydrogens is 551 g/mol. The maximum absolute atomic E-state index is 15.4. The molecule has 210 valence electrons. The number of nitrogens with zero attached hydrogens (tertiary/aromatic N) is 2. The van der Waals surface area contributed by atoms with Crippen LogP contribution in [-0.4, -0.2) is 24.4 Å². The second-order valence-corrected chi connectivity index (χ2v) is 12.4. The summed E-state index contributed by atoms with van der Waals surface area (Å²) in [6.45, 7) is 3.29. The molecule has 1 aromatic heterocycles. The van der Waals surface area contributed by atoms with E-state index in [0.717, 1.165) is 30.5 Å². The largest absolute Gasteiger partial charge is 0.417 e. The maximum Gasteiger partial charge on any atom is 0.417 e. The standard InChI is InChI=1S/C26H24F7N3O2S/c1-24(2,9-10-34)14-36-13-19(23(26(31,32)33)35-39(37,38)15-7-8-15)18-11-21(27)17(12-22(18)36)16-5-3-4-6-20(16)25(28,29)30/h3-6,11-13,15,23,35H,7-9,14H2,1-2H3/t23-/m0/s1. The number of aromatic nitrogens is 1. The zero-order valence-corrected chi connectivity index (χ0v) is 21.6. The van der Waals surface area contributed by atoms with Crippen LogP contribution < -0.4 is 4.72 Å². The predicted octanol–water partition coefficient (Wildman–Crippen LogP) is 7.09. The van der Waals surface area contributed by atoms with Crippen molar-refractivity contribution in [3.05, 3.63) is 59.5 Å². The lowest BCUT2D eigenvalue weighted by Gasteiger charge is -2.23. The van der Waals surface area contributed by atoms with Crippen LogP contribution in [0.25, 0.3) is 22.0 Å². The van der Waals surface area contributed by atoms with E-state index in [9.17, 15) is 40.0 Å². The van der Waals surface area contributed by atoms with Gasteiger partial charge in [0.1, 0.15) is 11.9 Å². The molecule has 1 aliphatic carbocycles. The number of sulfonamides is 1. The summed E-state index contributed by atoms with van der Waals surface area (Å²) in [4.78, 5) is 0. The van der Waals surface area contributed by atoms with Crippen LogP contribution in [0.15, 0.2) is 42.6 Å². The molecule has 0 unspecified atom stereocenters. The number of nitrogens with one attached hydrogen (secondary N) is 1. The highest BCUT2D eigenvalue weighted by Crippen LogP contribution is 2.43. The first-order valence-corrected chi connectivity index (χ1v) is 13.4. The lowest BCUT2D eigenvalue weighted by Crippen LogP contribution is -2.39. The van der Waals surface area contributed by atoms with Crippen LogP contribution in [0.4, 0.5) is 30.7 Å². The van der Waals surface area contributed by atoms with Crippen LogP contribution in [0.2, 0.25) is 0 Å². The smallest absolute Gasteiger partial charge is 0.347 e. The highest BCUT2D eigenvalue weighted by molar-refractivity contribution is 7.90. The molecule has 0 spiro atoms. The predicted molar refractivity (Wildman–Crippen MR) is 130 cm³/mol. The highest BCUT2D eigenvalue weighted by atomic mass is 32.2. The molecule has 5 nitrogen and oxygen atoms in total. The summed E-state index contributed by atoms with van der Waals surface area (Å²) in [5.41, 5.74) is -3.54. The number of hydrogen-bond acceptors (Lipinski definition) is 3. The van der Waals surface area contributed by atoms with Gasteiger partial charge in [0.05, 0.1) is 16.9 Å². The topological polar surface area (TPSA) is 74.9 Å². The van der Waals surface area contributed by atoms with Crippen LogP contribution in [0.1, 0.15) is 50.3 Å². The number of fused-ring (bicyclic) bond motifs is 1. The van der Waals surface area contributed by atoms with E-state index in [4.69, 9.17) is 0 Å². The Labute approximate surface area is 220 Å². The van der Waals surface area contributed by atoms with Crippen LogP contribution in [0.5, 0.6) is 0 Å². The normalized spacial score (nSPS) is 15.9. The molecule has 0 amide bonds. The third-order valence-electron chi connectivity index (χ3n) is 6.56. The van der Waals surface area contributed by atoms with Crippen LogP contribution >= 0.6 is 0 Å². The Morgan fingerprint density at radius 2 is 1.72 bits per heavy atom. The van der Waals surface area contributed by atoms with Crippen molar-refractivity contribution >= 4 is 20.9 Å². The minimum atomic E-state index is -5.11. The second kappa shape index (κ2) is 9.82. The molecule has 2 aromatic carbocycles. The summed E-state index contributed by atoms with van der Waals surface area (Å²) in [5.74, 6) is -1.21. The van der Waals surface area contributed by atoms with Gasteiger partial charge in [-0.05, 0) is 42.0 Å². The van der Waals surface area contributed by atoms with Gasteiger partial charge < -0.3 is 4.57 Å². The summed E-state index contributed by atoms with van der Waals surface area (Å²) in [6, 6.07) is 5.23. The van der Waals surface area contributed by atoms with E-state index in [0.29, 0.717) is 6.07 Å². The van der Waals surface area contributed by atoms with Crippen molar-refractivity contribution in [1.82, 2.24) is 9.29 Å². The highest BCUT2D eigenvalue weighted by Gasteiger charge is 2.48. The summed E-state index contributed by atoms with van der Waals surface area (Å²) < 4.78 is 127. The Bertz CT molecular complexity index is 1550. The van der Waals surface area contributed by atoms with Crippen LogP contribution in [0.3, 0.4) is 0 Å². The molecule has 3 aromatic rings. The van der Waals surface area contributed by atoms with Gasteiger partial charge in [-0.25, -0.2) is 12.8 Å². The summed E-state index contributed by atoms with van der Waals surface area (Å²) in [7, 11) is -4.35. The molecule has 4 rings (SSSR count). The van der Waals surface area contributed by atoms with Gasteiger partial charge in [-0.15, -0.1) is 0 Å². The minimum absolute atomic E-state index is 0.00995. The molecule has 0 bridgehead atoms. The third kappa shape index (κ3) is 6.06. The molecule has 1 atom stereocenters. The molecule has 1 N–H and O–H groups in total. The van der Waals surface area contributed by atoms with Crippen molar-refractivity contribution < 1.29 is 39.2 Å². The van der Waals surface area contributed by atoms with Crippen molar-refractivity contribution in [2.75, 3.05) is 0 Å². The lowest BCUT2D eigenvalue weighted by molar-refractivity contribution is -0.152.